The van der Waals surface area contributed by atoms with Crippen molar-refractivity contribution in [2.45, 2.75) is 10.8 Å². The topological polar surface area (TPSA) is 108 Å². The van der Waals surface area contributed by atoms with Gasteiger partial charge in [-0.2, -0.15) is 9.57 Å². The first kappa shape index (κ1) is 17.6. The van der Waals surface area contributed by atoms with Gasteiger partial charge in [-0.3, -0.25) is 10.4 Å². The predicted molar refractivity (Wildman–Crippen MR) is 100 cm³/mol. The van der Waals surface area contributed by atoms with E-state index in [0.717, 1.165) is 15.3 Å². The molecule has 0 saturated carbocycles. The van der Waals surface area contributed by atoms with Crippen molar-refractivity contribution in [1.29, 1.82) is 10.7 Å². The van der Waals surface area contributed by atoms with Gasteiger partial charge in [-0.1, -0.05) is 11.6 Å². The highest BCUT2D eigenvalue weighted by atomic mass is 35.5. The van der Waals surface area contributed by atoms with Crippen LogP contribution < -0.4 is 5.32 Å². The first-order chi connectivity index (χ1) is 12.5. The second kappa shape index (κ2) is 6.40. The molecule has 0 spiro atoms. The summed E-state index contributed by atoms with van der Waals surface area (Å²) in [4.78, 5) is 5.73. The molecular formula is C16H14ClN5O2S2. The van der Waals surface area contributed by atoms with Gasteiger partial charge in [0, 0.05) is 22.8 Å². The second-order valence-electron chi connectivity index (χ2n) is 6.08. The molecule has 7 nitrogen and oxygen atoms in total. The van der Waals surface area contributed by atoms with Crippen molar-refractivity contribution in [1.82, 2.24) is 14.6 Å². The Morgan fingerprint density at radius 1 is 1.58 bits per heavy atom. The number of halogens is 1. The van der Waals surface area contributed by atoms with Crippen LogP contribution in [0, 0.1) is 16.7 Å². The summed E-state index contributed by atoms with van der Waals surface area (Å²) in [6.07, 6.45) is 3.18. The zero-order chi connectivity index (χ0) is 18.5. The average molecular weight is 408 g/mol. The minimum Gasteiger partial charge on any atom is -0.592 e. The SMILES string of the molecule is CN1C(=N)NC2(c3sc(-c4cncc(C#N)c4)cc3Cl)COCC2[S+]1[O-]. The third-order valence-electron chi connectivity index (χ3n) is 4.56. The van der Waals surface area contributed by atoms with Gasteiger partial charge >= 0.3 is 0 Å². The lowest BCUT2D eigenvalue weighted by Gasteiger charge is -2.42. The van der Waals surface area contributed by atoms with Gasteiger partial charge in [0.25, 0.3) is 0 Å². The van der Waals surface area contributed by atoms with Gasteiger partial charge in [-0.05, 0) is 12.1 Å². The number of aromatic nitrogens is 1. The molecule has 0 radical (unpaired) electrons. The highest BCUT2D eigenvalue weighted by Crippen LogP contribution is 2.47. The normalized spacial score (nSPS) is 27.8. The standard InChI is InChI=1S/C16H14ClN5O2S2/c1-22-15(19)21-16(8-24-7-13(16)26(22)23)14-11(17)3-12(25-14)10-2-9(4-18)5-20-6-10/h2-3,5-6,13H,7-8H2,1H3,(H2,19,21). The summed E-state index contributed by atoms with van der Waals surface area (Å²) in [5.41, 5.74) is 0.460. The third kappa shape index (κ3) is 2.57. The van der Waals surface area contributed by atoms with Gasteiger partial charge in [0.05, 0.1) is 47.1 Å². The first-order valence-corrected chi connectivity index (χ1v) is 10.1. The van der Waals surface area contributed by atoms with E-state index in [9.17, 15) is 4.55 Å². The number of nitriles is 1. The van der Waals surface area contributed by atoms with E-state index in [2.05, 4.69) is 16.4 Å². The van der Waals surface area contributed by atoms with Crippen LogP contribution in [0.15, 0.2) is 24.5 Å². The van der Waals surface area contributed by atoms with Crippen LogP contribution in [-0.4, -0.2) is 45.3 Å². The zero-order valence-electron chi connectivity index (χ0n) is 13.7. The number of rotatable bonds is 2. The van der Waals surface area contributed by atoms with Gasteiger partial charge in [0.1, 0.15) is 6.07 Å². The Kier molecular flexibility index (Phi) is 4.33. The molecule has 0 amide bonds. The van der Waals surface area contributed by atoms with E-state index in [4.69, 9.17) is 27.0 Å². The molecule has 0 aliphatic carbocycles. The van der Waals surface area contributed by atoms with E-state index in [1.54, 1.807) is 19.3 Å². The zero-order valence-corrected chi connectivity index (χ0v) is 16.0. The quantitative estimate of drug-likeness (QED) is 0.737. The number of thiophene rings is 1. The number of guanidine groups is 1. The Morgan fingerprint density at radius 2 is 2.38 bits per heavy atom. The van der Waals surface area contributed by atoms with Gasteiger partial charge in [0.2, 0.25) is 5.96 Å². The molecule has 134 valence electrons. The Morgan fingerprint density at radius 3 is 3.15 bits per heavy atom. The molecule has 26 heavy (non-hydrogen) atoms. The summed E-state index contributed by atoms with van der Waals surface area (Å²) < 4.78 is 19.8. The smallest absolute Gasteiger partial charge is 0.234 e. The van der Waals surface area contributed by atoms with E-state index in [1.165, 1.54) is 21.8 Å². The van der Waals surface area contributed by atoms with Crippen molar-refractivity contribution in [2.75, 3.05) is 20.3 Å². The summed E-state index contributed by atoms with van der Waals surface area (Å²) in [5, 5.41) is 20.5. The molecule has 4 rings (SSSR count). The number of nitrogens with one attached hydrogen (secondary N) is 2. The molecule has 3 atom stereocenters. The van der Waals surface area contributed by atoms with Crippen LogP contribution in [-0.2, 0) is 21.6 Å². The number of hydrogen-bond donors (Lipinski definition) is 2. The van der Waals surface area contributed by atoms with Crippen LogP contribution in [0.3, 0.4) is 0 Å². The monoisotopic (exact) mass is 407 g/mol. The fraction of sp³-hybridized carbons (Fsp3) is 0.312. The summed E-state index contributed by atoms with van der Waals surface area (Å²) in [6.45, 7) is 0.613. The van der Waals surface area contributed by atoms with Crippen molar-refractivity contribution >= 4 is 40.3 Å². The molecule has 10 heteroatoms. The summed E-state index contributed by atoms with van der Waals surface area (Å²) in [5.74, 6) is 0.0734. The fourth-order valence-electron chi connectivity index (χ4n) is 3.20. The van der Waals surface area contributed by atoms with Crippen LogP contribution in [0.4, 0.5) is 0 Å². The van der Waals surface area contributed by atoms with Gasteiger partial charge < -0.3 is 14.6 Å². The molecule has 2 aromatic heterocycles. The second-order valence-corrected chi connectivity index (χ2v) is 9.21. The first-order valence-electron chi connectivity index (χ1n) is 7.70. The predicted octanol–water partition coefficient (Wildman–Crippen LogP) is 2.06. The van der Waals surface area contributed by atoms with Crippen molar-refractivity contribution in [3.63, 3.8) is 0 Å². The van der Waals surface area contributed by atoms with E-state index in [1.807, 2.05) is 6.07 Å². The Balaban J connectivity index is 1.79. The van der Waals surface area contributed by atoms with E-state index in [-0.39, 0.29) is 17.8 Å². The van der Waals surface area contributed by atoms with Crippen LogP contribution in [0.2, 0.25) is 5.02 Å². The van der Waals surface area contributed by atoms with Crippen LogP contribution in [0.1, 0.15) is 10.4 Å². The molecule has 4 heterocycles. The van der Waals surface area contributed by atoms with Crippen molar-refractivity contribution in [3.8, 4) is 16.5 Å². The van der Waals surface area contributed by atoms with Crippen LogP contribution >= 0.6 is 22.9 Å². The van der Waals surface area contributed by atoms with Crippen molar-refractivity contribution < 1.29 is 9.29 Å². The van der Waals surface area contributed by atoms with Crippen molar-refractivity contribution in [2.24, 2.45) is 0 Å². The van der Waals surface area contributed by atoms with Gasteiger partial charge in [-0.15, -0.1) is 11.3 Å². The molecule has 2 N–H and O–H groups in total. The lowest BCUT2D eigenvalue weighted by atomic mass is 9.95. The lowest BCUT2D eigenvalue weighted by Crippen LogP contribution is -2.66. The molecule has 2 fully saturated rings. The fourth-order valence-corrected chi connectivity index (χ4v) is 6.36. The molecule has 2 aliphatic rings. The van der Waals surface area contributed by atoms with E-state index < -0.39 is 16.9 Å². The Labute approximate surface area is 162 Å². The van der Waals surface area contributed by atoms with E-state index in [0.29, 0.717) is 17.2 Å². The summed E-state index contributed by atoms with van der Waals surface area (Å²) >= 11 is 6.58. The minimum absolute atomic E-state index is 0.0734. The molecule has 2 aliphatic heterocycles. The number of hydrogen-bond acceptors (Lipinski definition) is 6. The highest BCUT2D eigenvalue weighted by Gasteiger charge is 2.60. The minimum atomic E-state index is -1.39. The van der Waals surface area contributed by atoms with Gasteiger partial charge in [-0.25, -0.2) is 0 Å². The average Bonchev–Trinajstić information content (AvgIpc) is 3.24. The Hall–Kier alpha value is -1.83. The van der Waals surface area contributed by atoms with Gasteiger partial charge in [0.15, 0.2) is 10.8 Å². The number of pyridine rings is 1. The molecule has 0 aromatic carbocycles. The maximum Gasteiger partial charge on any atom is 0.234 e. The lowest BCUT2D eigenvalue weighted by molar-refractivity contribution is 0.173. The summed E-state index contributed by atoms with van der Waals surface area (Å²) in [6, 6.07) is 5.64. The van der Waals surface area contributed by atoms with Crippen LogP contribution in [0.25, 0.3) is 10.4 Å². The van der Waals surface area contributed by atoms with Crippen LogP contribution in [0.5, 0.6) is 0 Å². The number of fused-ring (bicyclic) bond motifs is 1. The largest absolute Gasteiger partial charge is 0.592 e. The summed E-state index contributed by atoms with van der Waals surface area (Å²) in [7, 11) is 1.62. The Bertz CT molecular complexity index is 930. The molecule has 2 aromatic rings. The maximum absolute atomic E-state index is 12.8. The van der Waals surface area contributed by atoms with E-state index >= 15 is 0 Å². The van der Waals surface area contributed by atoms with Crippen molar-refractivity contribution in [3.05, 3.63) is 40.0 Å². The number of nitrogens with zero attached hydrogens (tertiary/aromatic N) is 3. The molecule has 3 unspecified atom stereocenters. The molecular weight excluding hydrogens is 394 g/mol. The third-order valence-corrected chi connectivity index (χ3v) is 8.08. The highest BCUT2D eigenvalue weighted by molar-refractivity contribution is 7.90. The number of ether oxygens (including phenoxy) is 1. The maximum atomic E-state index is 12.8. The molecule has 2 saturated heterocycles. The molecule has 0 bridgehead atoms.